The Morgan fingerprint density at radius 2 is 1.84 bits per heavy atom. The minimum absolute atomic E-state index is 0.0242. The average molecular weight is 358 g/mol. The van der Waals surface area contributed by atoms with Crippen LogP contribution < -0.4 is 5.32 Å². The van der Waals surface area contributed by atoms with Crippen molar-refractivity contribution in [1.82, 2.24) is 10.2 Å². The van der Waals surface area contributed by atoms with E-state index in [2.05, 4.69) is 5.32 Å². The fraction of sp³-hybridized carbons (Fsp3) is 0.438. The maximum atomic E-state index is 12.5. The number of amides is 2. The standard InChI is InChI=1S/C16H17F3N2O4/c1-9(14(23)21-8-2-3-12(21)15(24)25)20-13(22)10-4-6-11(7-5-10)16(17,18)19/h4-7,9,12H,2-3,8H2,1H3,(H,20,22)(H,24,25)/t9-,12?/m0/s1. The number of carbonyl (C=O) groups is 3. The Kier molecular flexibility index (Phi) is 5.34. The predicted octanol–water partition coefficient (Wildman–Crippen LogP) is 1.90. The first-order valence-electron chi connectivity index (χ1n) is 7.62. The summed E-state index contributed by atoms with van der Waals surface area (Å²) in [6.07, 6.45) is -3.59. The fourth-order valence-electron chi connectivity index (χ4n) is 2.69. The molecular formula is C16H17F3N2O4. The summed E-state index contributed by atoms with van der Waals surface area (Å²) in [5, 5.41) is 11.5. The van der Waals surface area contributed by atoms with Crippen molar-refractivity contribution >= 4 is 17.8 Å². The molecule has 0 spiro atoms. The van der Waals surface area contributed by atoms with Crippen molar-refractivity contribution in [2.45, 2.75) is 38.0 Å². The molecule has 0 saturated carbocycles. The number of nitrogens with one attached hydrogen (secondary N) is 1. The van der Waals surface area contributed by atoms with Crippen LogP contribution in [0.15, 0.2) is 24.3 Å². The van der Waals surface area contributed by atoms with Crippen molar-refractivity contribution < 1.29 is 32.7 Å². The van der Waals surface area contributed by atoms with Crippen molar-refractivity contribution in [2.75, 3.05) is 6.54 Å². The highest BCUT2D eigenvalue weighted by Crippen LogP contribution is 2.29. The second kappa shape index (κ2) is 7.12. The molecule has 9 heteroatoms. The smallest absolute Gasteiger partial charge is 0.416 e. The predicted molar refractivity (Wildman–Crippen MR) is 80.7 cm³/mol. The second-order valence-electron chi connectivity index (χ2n) is 5.80. The lowest BCUT2D eigenvalue weighted by atomic mass is 10.1. The van der Waals surface area contributed by atoms with Crippen molar-refractivity contribution in [2.24, 2.45) is 0 Å². The Bertz CT molecular complexity index is 673. The summed E-state index contributed by atoms with van der Waals surface area (Å²) in [7, 11) is 0. The van der Waals surface area contributed by atoms with E-state index in [1.165, 1.54) is 11.8 Å². The van der Waals surface area contributed by atoms with Crippen molar-refractivity contribution in [3.63, 3.8) is 0 Å². The van der Waals surface area contributed by atoms with Gasteiger partial charge < -0.3 is 15.3 Å². The first-order valence-corrected chi connectivity index (χ1v) is 7.62. The van der Waals surface area contributed by atoms with Gasteiger partial charge in [-0.3, -0.25) is 9.59 Å². The van der Waals surface area contributed by atoms with E-state index < -0.39 is 41.6 Å². The van der Waals surface area contributed by atoms with Gasteiger partial charge >= 0.3 is 12.1 Å². The number of aliphatic carboxylic acids is 1. The van der Waals surface area contributed by atoms with E-state index in [0.717, 1.165) is 24.3 Å². The number of carboxylic acids is 1. The number of benzene rings is 1. The number of hydrogen-bond donors (Lipinski definition) is 2. The van der Waals surface area contributed by atoms with Crippen molar-refractivity contribution in [1.29, 1.82) is 0 Å². The first kappa shape index (κ1) is 18.8. The molecule has 1 fully saturated rings. The zero-order valence-corrected chi connectivity index (χ0v) is 13.3. The van der Waals surface area contributed by atoms with Crippen molar-refractivity contribution in [3.8, 4) is 0 Å². The molecule has 2 rings (SSSR count). The monoisotopic (exact) mass is 358 g/mol. The van der Waals surface area contributed by atoms with E-state index in [9.17, 15) is 27.6 Å². The van der Waals surface area contributed by atoms with Crippen LogP contribution in [-0.2, 0) is 15.8 Å². The molecule has 1 saturated heterocycles. The van der Waals surface area contributed by atoms with E-state index in [1.807, 2.05) is 0 Å². The molecule has 1 aliphatic heterocycles. The Balaban J connectivity index is 2.02. The topological polar surface area (TPSA) is 86.7 Å². The molecule has 1 aromatic carbocycles. The lowest BCUT2D eigenvalue weighted by Gasteiger charge is -2.25. The summed E-state index contributed by atoms with van der Waals surface area (Å²) in [4.78, 5) is 36.7. The molecule has 2 amide bonds. The van der Waals surface area contributed by atoms with Crippen molar-refractivity contribution in [3.05, 3.63) is 35.4 Å². The zero-order chi connectivity index (χ0) is 18.8. The van der Waals surface area contributed by atoms with E-state index in [0.29, 0.717) is 12.8 Å². The molecule has 0 bridgehead atoms. The largest absolute Gasteiger partial charge is 0.480 e. The minimum atomic E-state index is -4.50. The molecule has 0 aromatic heterocycles. The SMILES string of the molecule is C[C@H](NC(=O)c1ccc(C(F)(F)F)cc1)C(=O)N1CCCC1C(=O)O. The van der Waals surface area contributed by atoms with Gasteiger partial charge in [-0.2, -0.15) is 13.2 Å². The van der Waals surface area contributed by atoms with Crippen LogP contribution in [0.5, 0.6) is 0 Å². The Morgan fingerprint density at radius 3 is 2.36 bits per heavy atom. The lowest BCUT2D eigenvalue weighted by Crippen LogP contribution is -2.50. The van der Waals surface area contributed by atoms with Crippen LogP contribution in [0.1, 0.15) is 35.7 Å². The second-order valence-corrected chi connectivity index (χ2v) is 5.80. The number of carboxylic acid groups (broad SMARTS) is 1. The number of hydrogen-bond acceptors (Lipinski definition) is 3. The summed E-state index contributed by atoms with van der Waals surface area (Å²) in [5.41, 5.74) is -0.904. The Labute approximate surface area is 141 Å². The fourth-order valence-corrected chi connectivity index (χ4v) is 2.69. The quantitative estimate of drug-likeness (QED) is 0.861. The highest BCUT2D eigenvalue weighted by Gasteiger charge is 2.36. The lowest BCUT2D eigenvalue weighted by molar-refractivity contribution is -0.148. The van der Waals surface area contributed by atoms with Gasteiger partial charge in [-0.25, -0.2) is 4.79 Å². The van der Waals surface area contributed by atoms with Crippen LogP contribution in [0, 0.1) is 0 Å². The van der Waals surface area contributed by atoms with Crippen LogP contribution in [-0.4, -0.2) is 46.4 Å². The molecule has 2 N–H and O–H groups in total. The van der Waals surface area contributed by atoms with Gasteiger partial charge in [-0.05, 0) is 44.0 Å². The van der Waals surface area contributed by atoms with Gasteiger partial charge in [-0.1, -0.05) is 0 Å². The van der Waals surface area contributed by atoms with E-state index in [4.69, 9.17) is 5.11 Å². The molecule has 1 heterocycles. The van der Waals surface area contributed by atoms with Gasteiger partial charge in [0.2, 0.25) is 5.91 Å². The third-order valence-electron chi connectivity index (χ3n) is 4.01. The van der Waals surface area contributed by atoms with Gasteiger partial charge in [0.1, 0.15) is 12.1 Å². The number of halogens is 3. The molecule has 1 unspecified atom stereocenters. The van der Waals surface area contributed by atoms with Crippen LogP contribution in [0.25, 0.3) is 0 Å². The van der Waals surface area contributed by atoms with Gasteiger partial charge in [-0.15, -0.1) is 0 Å². The van der Waals surface area contributed by atoms with Gasteiger partial charge in [0.25, 0.3) is 5.91 Å². The maximum absolute atomic E-state index is 12.5. The number of rotatable bonds is 4. The Morgan fingerprint density at radius 1 is 1.24 bits per heavy atom. The van der Waals surface area contributed by atoms with Gasteiger partial charge in [0.15, 0.2) is 0 Å². The number of carbonyl (C=O) groups excluding carboxylic acids is 2. The molecule has 0 radical (unpaired) electrons. The molecule has 136 valence electrons. The highest BCUT2D eigenvalue weighted by molar-refractivity contribution is 5.98. The van der Waals surface area contributed by atoms with Crippen LogP contribution in [0.2, 0.25) is 0 Å². The molecule has 1 aliphatic rings. The van der Waals surface area contributed by atoms with Gasteiger partial charge in [0.05, 0.1) is 5.56 Å². The maximum Gasteiger partial charge on any atom is 0.416 e. The first-order chi connectivity index (χ1) is 11.6. The van der Waals surface area contributed by atoms with E-state index in [-0.39, 0.29) is 12.1 Å². The van der Waals surface area contributed by atoms with E-state index in [1.54, 1.807) is 0 Å². The summed E-state index contributed by atoms with van der Waals surface area (Å²) < 4.78 is 37.5. The summed E-state index contributed by atoms with van der Waals surface area (Å²) in [5.74, 6) is -2.35. The van der Waals surface area contributed by atoms with Crippen LogP contribution in [0.3, 0.4) is 0 Å². The van der Waals surface area contributed by atoms with Crippen LogP contribution in [0.4, 0.5) is 13.2 Å². The summed E-state index contributed by atoms with van der Waals surface area (Å²) in [6, 6.07) is 1.69. The average Bonchev–Trinajstić information content (AvgIpc) is 3.03. The Hall–Kier alpha value is -2.58. The summed E-state index contributed by atoms with van der Waals surface area (Å²) in [6.45, 7) is 1.69. The third-order valence-corrected chi connectivity index (χ3v) is 4.01. The number of nitrogens with zero attached hydrogens (tertiary/aromatic N) is 1. The normalized spacial score (nSPS) is 18.7. The molecule has 6 nitrogen and oxygen atoms in total. The summed E-state index contributed by atoms with van der Waals surface area (Å²) >= 11 is 0. The van der Waals surface area contributed by atoms with Crippen LogP contribution >= 0.6 is 0 Å². The molecule has 1 aromatic rings. The molecule has 25 heavy (non-hydrogen) atoms. The molecular weight excluding hydrogens is 341 g/mol. The van der Waals surface area contributed by atoms with E-state index >= 15 is 0 Å². The number of alkyl halides is 3. The molecule has 0 aliphatic carbocycles. The highest BCUT2D eigenvalue weighted by atomic mass is 19.4. The zero-order valence-electron chi connectivity index (χ0n) is 13.3. The molecule has 2 atom stereocenters. The third kappa shape index (κ3) is 4.28. The van der Waals surface area contributed by atoms with Gasteiger partial charge in [0, 0.05) is 12.1 Å². The number of likely N-dealkylation sites (tertiary alicyclic amines) is 1. The minimum Gasteiger partial charge on any atom is -0.480 e.